The average molecular weight is 281 g/mol. The van der Waals surface area contributed by atoms with Crippen LogP contribution in [0.25, 0.3) is 0 Å². The molecule has 0 radical (unpaired) electrons. The number of likely N-dealkylation sites (tertiary alicyclic amines) is 1. The van der Waals surface area contributed by atoms with Gasteiger partial charge in [-0.1, -0.05) is 20.3 Å². The van der Waals surface area contributed by atoms with E-state index in [9.17, 15) is 0 Å². The van der Waals surface area contributed by atoms with Crippen molar-refractivity contribution in [2.45, 2.75) is 52.6 Å². The second-order valence-electron chi connectivity index (χ2n) is 6.02. The Bertz CT molecular complexity index is 375. The van der Waals surface area contributed by atoms with Crippen LogP contribution in [-0.4, -0.2) is 35.6 Å². The van der Waals surface area contributed by atoms with Crippen molar-refractivity contribution < 1.29 is 0 Å². The third-order valence-corrected chi connectivity index (χ3v) is 4.61. The number of aromatic nitrogens is 1. The molecule has 0 amide bonds. The Labute approximate surface area is 121 Å². The van der Waals surface area contributed by atoms with Crippen LogP contribution in [0, 0.1) is 12.8 Å². The van der Waals surface area contributed by atoms with E-state index in [2.05, 4.69) is 36.0 Å². The summed E-state index contributed by atoms with van der Waals surface area (Å²) in [5, 5.41) is 4.80. The molecule has 0 aromatic carbocycles. The summed E-state index contributed by atoms with van der Waals surface area (Å²) in [6.45, 7) is 11.2. The molecular weight excluding hydrogens is 254 g/mol. The molecule has 0 spiro atoms. The maximum Gasteiger partial charge on any atom is 0.0897 e. The van der Waals surface area contributed by atoms with Gasteiger partial charge in [-0.15, -0.1) is 11.3 Å². The summed E-state index contributed by atoms with van der Waals surface area (Å²) in [6, 6.07) is 0.704. The van der Waals surface area contributed by atoms with Gasteiger partial charge in [0.2, 0.25) is 0 Å². The number of thiazole rings is 1. The van der Waals surface area contributed by atoms with Crippen molar-refractivity contribution in [3.8, 4) is 0 Å². The third kappa shape index (κ3) is 4.86. The van der Waals surface area contributed by atoms with Gasteiger partial charge in [-0.05, 0) is 38.8 Å². The Morgan fingerprint density at radius 1 is 1.47 bits per heavy atom. The largest absolute Gasteiger partial charge is 0.315 e. The molecule has 2 heterocycles. The quantitative estimate of drug-likeness (QED) is 0.868. The number of rotatable bonds is 6. The van der Waals surface area contributed by atoms with Gasteiger partial charge >= 0.3 is 0 Å². The van der Waals surface area contributed by atoms with Gasteiger partial charge in [-0.3, -0.25) is 4.90 Å². The van der Waals surface area contributed by atoms with Crippen LogP contribution in [0.5, 0.6) is 0 Å². The first kappa shape index (κ1) is 14.9. The highest BCUT2D eigenvalue weighted by Crippen LogP contribution is 2.21. The van der Waals surface area contributed by atoms with Crippen molar-refractivity contribution in [2.24, 2.45) is 5.92 Å². The minimum atomic E-state index is 0.704. The Hall–Kier alpha value is -0.450. The van der Waals surface area contributed by atoms with Crippen molar-refractivity contribution in [3.05, 3.63) is 16.1 Å². The van der Waals surface area contributed by atoms with E-state index in [1.165, 1.54) is 35.7 Å². The summed E-state index contributed by atoms with van der Waals surface area (Å²) in [5.41, 5.74) is 0. The lowest BCUT2D eigenvalue weighted by atomic mass is 10.0. The molecule has 3 nitrogen and oxygen atoms in total. The van der Waals surface area contributed by atoms with Gasteiger partial charge in [0.15, 0.2) is 0 Å². The number of nitrogens with zero attached hydrogens (tertiary/aromatic N) is 2. The molecule has 0 bridgehead atoms. The molecule has 19 heavy (non-hydrogen) atoms. The molecule has 1 aromatic rings. The van der Waals surface area contributed by atoms with Crippen LogP contribution >= 0.6 is 11.3 Å². The van der Waals surface area contributed by atoms with E-state index in [4.69, 9.17) is 0 Å². The molecule has 2 rings (SSSR count). The molecule has 1 fully saturated rings. The summed E-state index contributed by atoms with van der Waals surface area (Å²) >= 11 is 1.84. The number of aryl methyl sites for hydroxylation is 1. The molecule has 1 N–H and O–H groups in total. The number of hydrogen-bond acceptors (Lipinski definition) is 4. The predicted molar refractivity (Wildman–Crippen MR) is 82.6 cm³/mol. The molecule has 108 valence electrons. The molecule has 1 atom stereocenters. The highest BCUT2D eigenvalue weighted by molar-refractivity contribution is 7.11. The zero-order valence-corrected chi connectivity index (χ0v) is 13.3. The van der Waals surface area contributed by atoms with Crippen molar-refractivity contribution in [2.75, 3.05) is 19.6 Å². The molecule has 0 aliphatic carbocycles. The Kier molecular flexibility index (Phi) is 5.79. The zero-order chi connectivity index (χ0) is 13.7. The van der Waals surface area contributed by atoms with Gasteiger partial charge in [0, 0.05) is 30.2 Å². The molecular formula is C15H27N3S. The second kappa shape index (κ2) is 7.36. The van der Waals surface area contributed by atoms with Crippen molar-refractivity contribution in [3.63, 3.8) is 0 Å². The Morgan fingerprint density at radius 2 is 2.32 bits per heavy atom. The first-order chi connectivity index (χ1) is 9.15. The van der Waals surface area contributed by atoms with E-state index in [1.807, 2.05) is 17.5 Å². The summed E-state index contributed by atoms with van der Waals surface area (Å²) in [7, 11) is 0. The molecule has 1 saturated heterocycles. The maximum atomic E-state index is 4.37. The summed E-state index contributed by atoms with van der Waals surface area (Å²) in [4.78, 5) is 8.42. The van der Waals surface area contributed by atoms with Crippen LogP contribution in [0.3, 0.4) is 0 Å². The molecule has 1 aliphatic rings. The first-order valence-electron chi connectivity index (χ1n) is 7.51. The monoisotopic (exact) mass is 281 g/mol. The topological polar surface area (TPSA) is 28.2 Å². The highest BCUT2D eigenvalue weighted by Gasteiger charge is 2.22. The lowest BCUT2D eigenvalue weighted by Gasteiger charge is -2.35. The fourth-order valence-electron chi connectivity index (χ4n) is 2.72. The van der Waals surface area contributed by atoms with E-state index in [1.54, 1.807) is 0 Å². The van der Waals surface area contributed by atoms with E-state index in [-0.39, 0.29) is 0 Å². The molecule has 1 aliphatic heterocycles. The maximum absolute atomic E-state index is 4.37. The van der Waals surface area contributed by atoms with Crippen LogP contribution < -0.4 is 5.32 Å². The number of piperidine rings is 1. The molecule has 0 saturated carbocycles. The van der Waals surface area contributed by atoms with Gasteiger partial charge in [0.1, 0.15) is 0 Å². The van der Waals surface area contributed by atoms with Gasteiger partial charge in [0.25, 0.3) is 0 Å². The lowest BCUT2D eigenvalue weighted by Crippen LogP contribution is -2.45. The fourth-order valence-corrected chi connectivity index (χ4v) is 3.54. The molecule has 4 heteroatoms. The van der Waals surface area contributed by atoms with E-state index in [0.29, 0.717) is 6.04 Å². The average Bonchev–Trinajstić information content (AvgIpc) is 2.77. The summed E-state index contributed by atoms with van der Waals surface area (Å²) in [6.07, 6.45) is 6.11. The zero-order valence-electron chi connectivity index (χ0n) is 12.5. The summed E-state index contributed by atoms with van der Waals surface area (Å²) < 4.78 is 0. The van der Waals surface area contributed by atoms with E-state index >= 15 is 0 Å². The van der Waals surface area contributed by atoms with Gasteiger partial charge in [-0.25, -0.2) is 4.98 Å². The van der Waals surface area contributed by atoms with Gasteiger partial charge in [0.05, 0.1) is 5.01 Å². The molecule has 1 unspecified atom stereocenters. The van der Waals surface area contributed by atoms with Crippen LogP contribution in [0.2, 0.25) is 0 Å². The minimum Gasteiger partial charge on any atom is -0.315 e. The van der Waals surface area contributed by atoms with Crippen LogP contribution in [0.15, 0.2) is 6.20 Å². The van der Waals surface area contributed by atoms with Crippen LogP contribution in [-0.2, 0) is 6.54 Å². The standard InChI is InChI=1S/C15H27N3S/c1-12(2)8-16-9-14-6-4-5-7-18(14)11-15-10-17-13(3)19-15/h10,12,14,16H,4-9,11H2,1-3H3. The van der Waals surface area contributed by atoms with Crippen molar-refractivity contribution in [1.82, 2.24) is 15.2 Å². The number of hydrogen-bond donors (Lipinski definition) is 1. The molecule has 1 aromatic heterocycles. The fraction of sp³-hybridized carbons (Fsp3) is 0.800. The van der Waals surface area contributed by atoms with E-state index in [0.717, 1.165) is 25.6 Å². The van der Waals surface area contributed by atoms with Crippen molar-refractivity contribution in [1.29, 1.82) is 0 Å². The normalized spacial score (nSPS) is 21.2. The Balaban J connectivity index is 1.84. The first-order valence-corrected chi connectivity index (χ1v) is 8.33. The predicted octanol–water partition coefficient (Wildman–Crippen LogP) is 3.05. The number of nitrogens with one attached hydrogen (secondary N) is 1. The smallest absolute Gasteiger partial charge is 0.0897 e. The van der Waals surface area contributed by atoms with E-state index < -0.39 is 0 Å². The van der Waals surface area contributed by atoms with Gasteiger partial charge in [-0.2, -0.15) is 0 Å². The van der Waals surface area contributed by atoms with Crippen LogP contribution in [0.4, 0.5) is 0 Å². The van der Waals surface area contributed by atoms with Crippen molar-refractivity contribution >= 4 is 11.3 Å². The Morgan fingerprint density at radius 3 is 3.00 bits per heavy atom. The van der Waals surface area contributed by atoms with Gasteiger partial charge < -0.3 is 5.32 Å². The SMILES string of the molecule is Cc1ncc(CN2CCCCC2CNCC(C)C)s1. The summed E-state index contributed by atoms with van der Waals surface area (Å²) in [5.74, 6) is 0.737. The highest BCUT2D eigenvalue weighted by atomic mass is 32.1. The lowest BCUT2D eigenvalue weighted by molar-refractivity contribution is 0.138. The van der Waals surface area contributed by atoms with Crippen LogP contribution in [0.1, 0.15) is 43.0 Å². The second-order valence-corrected chi connectivity index (χ2v) is 7.34. The third-order valence-electron chi connectivity index (χ3n) is 3.71. The minimum absolute atomic E-state index is 0.704.